The van der Waals surface area contributed by atoms with Crippen LogP contribution in [0.4, 0.5) is 4.79 Å². The lowest BCUT2D eigenvalue weighted by Gasteiger charge is -2.19. The predicted octanol–water partition coefficient (Wildman–Crippen LogP) is 2.85. The fraction of sp³-hybridized carbons (Fsp3) is 0.308. The highest BCUT2D eigenvalue weighted by atomic mass is 16.5. The van der Waals surface area contributed by atoms with Crippen molar-refractivity contribution in [2.75, 3.05) is 13.2 Å². The van der Waals surface area contributed by atoms with Crippen molar-refractivity contribution in [3.63, 3.8) is 0 Å². The molecule has 3 aromatic rings. The average Bonchev–Trinajstić information content (AvgIpc) is 3.41. The second-order valence-corrected chi connectivity index (χ2v) is 8.53. The number of imidazole rings is 1. The number of aromatic nitrogens is 2. The molecule has 4 rings (SSSR count). The fourth-order valence-electron chi connectivity index (χ4n) is 4.35. The zero-order chi connectivity index (χ0) is 24.8. The molecular weight excluding hydrogens is 448 g/mol. The third-order valence-corrected chi connectivity index (χ3v) is 6.04. The van der Waals surface area contributed by atoms with E-state index in [1.807, 2.05) is 66.3 Å². The number of benzene rings is 2. The first-order valence-electron chi connectivity index (χ1n) is 11.5. The van der Waals surface area contributed by atoms with Crippen LogP contribution in [0.1, 0.15) is 35.6 Å². The van der Waals surface area contributed by atoms with Crippen molar-refractivity contribution < 1.29 is 24.2 Å². The van der Waals surface area contributed by atoms with E-state index in [1.165, 1.54) is 0 Å². The van der Waals surface area contributed by atoms with Gasteiger partial charge in [0.05, 0.1) is 12.0 Å². The lowest BCUT2D eigenvalue weighted by molar-refractivity contribution is -0.137. The van der Waals surface area contributed by atoms with Gasteiger partial charge in [-0.15, -0.1) is 0 Å². The number of amides is 2. The summed E-state index contributed by atoms with van der Waals surface area (Å²) in [5.74, 6) is -1.63. The van der Waals surface area contributed by atoms with Crippen LogP contribution in [0.2, 0.25) is 0 Å². The Bertz CT molecular complexity index is 1180. The molecular formula is C26H28N4O5. The highest BCUT2D eigenvalue weighted by molar-refractivity contribution is 5.86. The number of aliphatic carboxylic acids is 1. The molecule has 1 aliphatic rings. The SMILES string of the molecule is Cn1cnc(CCNC(=O)C(CCC(=O)O)NC(=O)OCC2c3ccccc3-c3ccccc32)c1. The van der Waals surface area contributed by atoms with Crippen LogP contribution in [0.5, 0.6) is 0 Å². The number of ether oxygens (including phenoxy) is 1. The number of aryl methyl sites for hydroxylation is 1. The van der Waals surface area contributed by atoms with Gasteiger partial charge in [-0.2, -0.15) is 0 Å². The molecule has 1 atom stereocenters. The second kappa shape index (κ2) is 10.9. The van der Waals surface area contributed by atoms with Gasteiger partial charge in [0.2, 0.25) is 5.91 Å². The normalized spacial score (nSPS) is 12.9. The highest BCUT2D eigenvalue weighted by Gasteiger charge is 2.30. The molecule has 9 nitrogen and oxygen atoms in total. The maximum atomic E-state index is 12.7. The Kier molecular flexibility index (Phi) is 7.45. The first kappa shape index (κ1) is 24.0. The van der Waals surface area contributed by atoms with Crippen molar-refractivity contribution in [3.8, 4) is 11.1 Å². The first-order valence-corrected chi connectivity index (χ1v) is 11.5. The lowest BCUT2D eigenvalue weighted by Crippen LogP contribution is -2.47. The van der Waals surface area contributed by atoms with Crippen LogP contribution in [0, 0.1) is 0 Å². The van der Waals surface area contributed by atoms with Gasteiger partial charge in [0.15, 0.2) is 0 Å². The summed E-state index contributed by atoms with van der Waals surface area (Å²) in [7, 11) is 1.86. The van der Waals surface area contributed by atoms with E-state index in [-0.39, 0.29) is 25.4 Å². The summed E-state index contributed by atoms with van der Waals surface area (Å²) in [4.78, 5) is 40.5. The lowest BCUT2D eigenvalue weighted by atomic mass is 9.98. The molecule has 2 amide bonds. The number of nitrogens with zero attached hydrogens (tertiary/aromatic N) is 2. The summed E-state index contributed by atoms with van der Waals surface area (Å²) >= 11 is 0. The van der Waals surface area contributed by atoms with Crippen LogP contribution in [-0.4, -0.2) is 51.8 Å². The predicted molar refractivity (Wildman–Crippen MR) is 129 cm³/mol. The number of carboxylic acids is 1. The van der Waals surface area contributed by atoms with Gasteiger partial charge in [-0.05, 0) is 28.7 Å². The molecule has 0 saturated carbocycles. The van der Waals surface area contributed by atoms with Crippen LogP contribution in [0.25, 0.3) is 11.1 Å². The second-order valence-electron chi connectivity index (χ2n) is 8.53. The summed E-state index contributed by atoms with van der Waals surface area (Å²) < 4.78 is 7.32. The zero-order valence-electron chi connectivity index (χ0n) is 19.4. The Balaban J connectivity index is 1.35. The Hall–Kier alpha value is -4.14. The largest absolute Gasteiger partial charge is 0.481 e. The number of carbonyl (C=O) groups excluding carboxylic acids is 2. The minimum Gasteiger partial charge on any atom is -0.481 e. The number of carboxylic acid groups (broad SMARTS) is 1. The van der Waals surface area contributed by atoms with Crippen molar-refractivity contribution >= 4 is 18.0 Å². The number of fused-ring (bicyclic) bond motifs is 3. The summed E-state index contributed by atoms with van der Waals surface area (Å²) in [5.41, 5.74) is 5.21. The Morgan fingerprint density at radius 1 is 1.09 bits per heavy atom. The number of rotatable bonds is 10. The molecule has 1 aromatic heterocycles. The molecule has 35 heavy (non-hydrogen) atoms. The molecule has 0 saturated heterocycles. The maximum Gasteiger partial charge on any atom is 0.407 e. The van der Waals surface area contributed by atoms with Crippen LogP contribution < -0.4 is 10.6 Å². The third-order valence-electron chi connectivity index (χ3n) is 6.04. The summed E-state index contributed by atoms with van der Waals surface area (Å²) in [6, 6.07) is 15.0. The van der Waals surface area contributed by atoms with Gasteiger partial charge in [0, 0.05) is 38.5 Å². The van der Waals surface area contributed by atoms with Crippen molar-refractivity contribution in [3.05, 3.63) is 77.9 Å². The highest BCUT2D eigenvalue weighted by Crippen LogP contribution is 2.44. The van der Waals surface area contributed by atoms with Crippen molar-refractivity contribution in [2.24, 2.45) is 7.05 Å². The standard InChI is InChI=1S/C26H28N4O5/c1-30-14-17(28-16-30)12-13-27-25(33)23(10-11-24(31)32)29-26(34)35-15-22-20-8-4-2-6-18(20)19-7-3-5-9-21(19)22/h2-9,14,16,22-23H,10-13,15H2,1H3,(H,27,33)(H,29,34)(H,31,32). The van der Waals surface area contributed by atoms with Gasteiger partial charge in [0.25, 0.3) is 0 Å². The number of hydrogen-bond acceptors (Lipinski definition) is 5. The Labute approximate surface area is 203 Å². The number of hydrogen-bond donors (Lipinski definition) is 3. The average molecular weight is 477 g/mol. The topological polar surface area (TPSA) is 123 Å². The van der Waals surface area contributed by atoms with E-state index in [0.717, 1.165) is 27.9 Å². The molecule has 1 unspecified atom stereocenters. The number of carbonyl (C=O) groups is 3. The van der Waals surface area contributed by atoms with Gasteiger partial charge in [0.1, 0.15) is 12.6 Å². The minimum absolute atomic E-state index is 0.0467. The van der Waals surface area contributed by atoms with Crippen molar-refractivity contribution in [1.82, 2.24) is 20.2 Å². The third kappa shape index (κ3) is 5.87. The first-order chi connectivity index (χ1) is 16.9. The van der Waals surface area contributed by atoms with Gasteiger partial charge >= 0.3 is 12.1 Å². The molecule has 1 heterocycles. The van der Waals surface area contributed by atoms with E-state index >= 15 is 0 Å². The van der Waals surface area contributed by atoms with E-state index < -0.39 is 24.0 Å². The molecule has 0 aliphatic heterocycles. The van der Waals surface area contributed by atoms with Crippen molar-refractivity contribution in [2.45, 2.75) is 31.2 Å². The number of nitrogens with one attached hydrogen (secondary N) is 2. The summed E-state index contributed by atoms with van der Waals surface area (Å²) in [5, 5.41) is 14.3. The van der Waals surface area contributed by atoms with E-state index in [2.05, 4.69) is 15.6 Å². The van der Waals surface area contributed by atoms with E-state index in [9.17, 15) is 14.4 Å². The van der Waals surface area contributed by atoms with Gasteiger partial charge in [-0.25, -0.2) is 9.78 Å². The van der Waals surface area contributed by atoms with Gasteiger partial charge in [-0.1, -0.05) is 48.5 Å². The van der Waals surface area contributed by atoms with Crippen LogP contribution in [0.15, 0.2) is 61.1 Å². The summed E-state index contributed by atoms with van der Waals surface area (Å²) in [6.07, 6.45) is 2.97. The van der Waals surface area contributed by atoms with Crippen LogP contribution in [-0.2, 0) is 27.8 Å². The quantitative estimate of drug-likeness (QED) is 0.414. The van der Waals surface area contributed by atoms with Gasteiger partial charge < -0.3 is 25.0 Å². The van der Waals surface area contributed by atoms with Gasteiger partial charge in [-0.3, -0.25) is 9.59 Å². The Morgan fingerprint density at radius 3 is 2.34 bits per heavy atom. The van der Waals surface area contributed by atoms with E-state index in [1.54, 1.807) is 6.33 Å². The number of alkyl carbamates (subject to hydrolysis) is 1. The molecule has 182 valence electrons. The smallest absolute Gasteiger partial charge is 0.407 e. The zero-order valence-corrected chi connectivity index (χ0v) is 19.4. The molecule has 0 bridgehead atoms. The maximum absolute atomic E-state index is 12.7. The molecule has 0 spiro atoms. The molecule has 3 N–H and O–H groups in total. The molecule has 2 aromatic carbocycles. The molecule has 0 fully saturated rings. The van der Waals surface area contributed by atoms with E-state index in [4.69, 9.17) is 9.84 Å². The van der Waals surface area contributed by atoms with Crippen LogP contribution in [0.3, 0.4) is 0 Å². The van der Waals surface area contributed by atoms with E-state index in [0.29, 0.717) is 13.0 Å². The van der Waals surface area contributed by atoms with Crippen molar-refractivity contribution in [1.29, 1.82) is 0 Å². The molecule has 9 heteroatoms. The monoisotopic (exact) mass is 476 g/mol. The molecule has 0 radical (unpaired) electrons. The van der Waals surface area contributed by atoms with Crippen LogP contribution >= 0.6 is 0 Å². The fourth-order valence-corrected chi connectivity index (χ4v) is 4.35. The summed E-state index contributed by atoms with van der Waals surface area (Å²) in [6.45, 7) is 0.415. The Morgan fingerprint density at radius 2 is 1.74 bits per heavy atom. The minimum atomic E-state index is -1.05. The molecule has 1 aliphatic carbocycles.